The molecule has 0 aromatic carbocycles. The molecule has 2 N–H and O–H groups in total. The van der Waals surface area contributed by atoms with Crippen LogP contribution in [0, 0.1) is 5.41 Å². The van der Waals surface area contributed by atoms with E-state index in [2.05, 4.69) is 21.5 Å². The van der Waals surface area contributed by atoms with Crippen LogP contribution in [0.1, 0.15) is 41.5 Å². The van der Waals surface area contributed by atoms with Gasteiger partial charge in [-0.2, -0.15) is 3.93 Å². The third kappa shape index (κ3) is 8.41. The molecule has 0 unspecified atom stereocenters. The first-order valence-electron chi connectivity index (χ1n) is 5.59. The smallest absolute Gasteiger partial charge is 0.427 e. The minimum absolute atomic E-state index is 0.497. The highest BCUT2D eigenvalue weighted by Crippen LogP contribution is 2.12. The van der Waals surface area contributed by atoms with Crippen LogP contribution in [0.5, 0.6) is 0 Å². The molecule has 0 aromatic heterocycles. The maximum absolute atomic E-state index is 11.6. The average molecular weight is 338 g/mol. The van der Waals surface area contributed by atoms with E-state index in [0.29, 0.717) is 3.93 Å². The Bertz CT molecular complexity index is 371. The van der Waals surface area contributed by atoms with E-state index >= 15 is 0 Å². The molecule has 0 bridgehead atoms. The molecule has 0 rings (SSSR count). The second-order valence-corrected chi connectivity index (χ2v) is 6.45. The molecule has 0 atom stereocenters. The lowest BCUT2D eigenvalue weighted by molar-refractivity contribution is 0.0470. The predicted octanol–water partition coefficient (Wildman–Crippen LogP) is 2.99. The van der Waals surface area contributed by atoms with Crippen molar-refractivity contribution in [2.75, 3.05) is 0 Å². The number of halogens is 1. The van der Waals surface area contributed by atoms with E-state index in [0.717, 1.165) is 0 Å². The van der Waals surface area contributed by atoms with Crippen molar-refractivity contribution in [3.8, 4) is 0 Å². The van der Waals surface area contributed by atoms with Crippen molar-refractivity contribution in [1.82, 2.24) is 9.24 Å². The van der Waals surface area contributed by atoms with E-state index in [9.17, 15) is 9.59 Å². The molecule has 2 amide bonds. The summed E-state index contributed by atoms with van der Waals surface area (Å²) < 4.78 is 10.7. The summed E-state index contributed by atoms with van der Waals surface area (Å²) in [6.45, 7) is 10.1. The van der Waals surface area contributed by atoms with Crippen LogP contribution in [-0.4, -0.2) is 33.3 Å². The third-order valence-corrected chi connectivity index (χ3v) is 2.01. The van der Waals surface area contributed by atoms with Crippen molar-refractivity contribution in [3.63, 3.8) is 0 Å². The zero-order valence-electron chi connectivity index (χ0n) is 12.0. The Morgan fingerprint density at radius 3 is 1.84 bits per heavy atom. The van der Waals surface area contributed by atoms with E-state index in [1.807, 2.05) is 0 Å². The van der Waals surface area contributed by atoms with E-state index in [1.165, 1.54) is 0 Å². The van der Waals surface area contributed by atoms with Gasteiger partial charge in [0.15, 0.2) is 0 Å². The van der Waals surface area contributed by atoms with Crippen LogP contribution in [0.4, 0.5) is 9.59 Å². The lowest BCUT2D eigenvalue weighted by Crippen LogP contribution is -2.44. The monoisotopic (exact) mass is 337 g/mol. The van der Waals surface area contributed by atoms with Gasteiger partial charge in [0.2, 0.25) is 5.96 Å². The Hall–Kier alpha value is -1.31. The maximum Gasteiger partial charge on any atom is 0.427 e. The van der Waals surface area contributed by atoms with Gasteiger partial charge in [-0.3, -0.25) is 10.7 Å². The number of guanidine groups is 1. The predicted molar refractivity (Wildman–Crippen MR) is 74.1 cm³/mol. The highest BCUT2D eigenvalue weighted by atomic mass is 79.9. The number of nitrogens with one attached hydrogen (secondary N) is 2. The number of amides is 2. The van der Waals surface area contributed by atoms with Gasteiger partial charge in [0, 0.05) is 0 Å². The zero-order chi connectivity index (χ0) is 15.4. The summed E-state index contributed by atoms with van der Waals surface area (Å²) in [5, 5.41) is 9.64. The summed E-state index contributed by atoms with van der Waals surface area (Å²) in [7, 11) is 0. The summed E-state index contributed by atoms with van der Waals surface area (Å²) >= 11 is 2.83. The first kappa shape index (κ1) is 17.7. The normalized spacial score (nSPS) is 11.5. The fourth-order valence-corrected chi connectivity index (χ4v) is 1.00. The number of hydrogen-bond acceptors (Lipinski definition) is 5. The van der Waals surface area contributed by atoms with Crippen molar-refractivity contribution < 1.29 is 19.1 Å². The second kappa shape index (κ2) is 6.23. The number of hydrogen-bond donors (Lipinski definition) is 2. The minimum atomic E-state index is -0.828. The lowest BCUT2D eigenvalue weighted by Gasteiger charge is -2.24. The van der Waals surface area contributed by atoms with Crippen LogP contribution in [0.25, 0.3) is 0 Å². The van der Waals surface area contributed by atoms with Gasteiger partial charge in [0.1, 0.15) is 11.2 Å². The lowest BCUT2D eigenvalue weighted by atomic mass is 10.2. The Labute approximate surface area is 121 Å². The average Bonchev–Trinajstić information content (AvgIpc) is 2.10. The van der Waals surface area contributed by atoms with E-state index < -0.39 is 29.3 Å². The summed E-state index contributed by atoms with van der Waals surface area (Å²) in [4.78, 5) is 23.0. The molecule has 110 valence electrons. The van der Waals surface area contributed by atoms with Crippen molar-refractivity contribution in [1.29, 1.82) is 5.41 Å². The van der Waals surface area contributed by atoms with Gasteiger partial charge in [-0.25, -0.2) is 9.59 Å². The quantitative estimate of drug-likeness (QED) is 0.403. The molecule has 0 aliphatic rings. The number of carbonyl (C=O) groups is 2. The van der Waals surface area contributed by atoms with Crippen LogP contribution >= 0.6 is 16.1 Å². The molecule has 0 aromatic rings. The van der Waals surface area contributed by atoms with Gasteiger partial charge >= 0.3 is 12.2 Å². The molecular formula is C11H20BrN3O4. The molecule has 19 heavy (non-hydrogen) atoms. The van der Waals surface area contributed by atoms with Crippen LogP contribution in [0.2, 0.25) is 0 Å². The summed E-state index contributed by atoms with van der Waals surface area (Å²) in [6.07, 6.45) is -1.64. The van der Waals surface area contributed by atoms with E-state index in [1.54, 1.807) is 41.5 Å². The van der Waals surface area contributed by atoms with Crippen molar-refractivity contribution in [2.45, 2.75) is 52.7 Å². The Morgan fingerprint density at radius 2 is 1.47 bits per heavy atom. The van der Waals surface area contributed by atoms with Crippen LogP contribution < -0.4 is 5.32 Å². The highest BCUT2D eigenvalue weighted by molar-refractivity contribution is 9.08. The number of rotatable bonds is 0. The van der Waals surface area contributed by atoms with Crippen molar-refractivity contribution >= 4 is 34.3 Å². The Kier molecular flexibility index (Phi) is 5.80. The molecule has 8 heteroatoms. The van der Waals surface area contributed by atoms with Gasteiger partial charge < -0.3 is 9.47 Å². The fraction of sp³-hybridized carbons (Fsp3) is 0.727. The molecule has 0 aliphatic carbocycles. The van der Waals surface area contributed by atoms with E-state index in [-0.39, 0.29) is 0 Å². The number of nitrogens with zero attached hydrogens (tertiary/aromatic N) is 1. The van der Waals surface area contributed by atoms with Gasteiger partial charge in [-0.1, -0.05) is 0 Å². The third-order valence-electron chi connectivity index (χ3n) is 1.37. The zero-order valence-corrected chi connectivity index (χ0v) is 13.5. The molecule has 0 saturated carbocycles. The highest BCUT2D eigenvalue weighted by Gasteiger charge is 2.25. The Morgan fingerprint density at radius 1 is 1.05 bits per heavy atom. The number of carbonyl (C=O) groups excluding carboxylic acids is 2. The molecule has 0 fully saturated rings. The molecule has 0 radical (unpaired) electrons. The standard InChI is InChI=1S/C11H20BrN3O4/c1-10(2,3)18-8(16)14-7(13)15(12)9(17)19-11(4,5)6/h1-6H3,(H2,13,14,16). The topological polar surface area (TPSA) is 91.7 Å². The van der Waals surface area contributed by atoms with E-state index in [4.69, 9.17) is 14.9 Å². The molecule has 7 nitrogen and oxygen atoms in total. The number of alkyl carbamates (subject to hydrolysis) is 1. The van der Waals surface area contributed by atoms with Crippen molar-refractivity contribution in [2.24, 2.45) is 0 Å². The van der Waals surface area contributed by atoms with Gasteiger partial charge in [0.25, 0.3) is 0 Å². The van der Waals surface area contributed by atoms with Crippen LogP contribution in [0.15, 0.2) is 0 Å². The maximum atomic E-state index is 11.6. The first-order valence-corrected chi connectivity index (χ1v) is 6.30. The largest absolute Gasteiger partial charge is 0.444 e. The van der Waals surface area contributed by atoms with Gasteiger partial charge in [0.05, 0.1) is 16.1 Å². The summed E-state index contributed by atoms with van der Waals surface area (Å²) in [5.74, 6) is -0.497. The van der Waals surface area contributed by atoms with Crippen molar-refractivity contribution in [3.05, 3.63) is 0 Å². The summed E-state index contributed by atoms with van der Waals surface area (Å²) in [5.41, 5.74) is -1.39. The van der Waals surface area contributed by atoms with Crippen LogP contribution in [0.3, 0.4) is 0 Å². The van der Waals surface area contributed by atoms with Gasteiger partial charge in [-0.15, -0.1) is 0 Å². The number of ether oxygens (including phenoxy) is 2. The second-order valence-electron chi connectivity index (χ2n) is 5.74. The molecule has 0 aliphatic heterocycles. The SMILES string of the molecule is CC(C)(C)OC(=O)NC(=N)N(Br)C(=O)OC(C)(C)C. The molecule has 0 saturated heterocycles. The fourth-order valence-electron chi connectivity index (χ4n) is 0.843. The first-order chi connectivity index (χ1) is 8.32. The van der Waals surface area contributed by atoms with Gasteiger partial charge in [-0.05, 0) is 41.5 Å². The molecule has 0 heterocycles. The van der Waals surface area contributed by atoms with Crippen LogP contribution in [-0.2, 0) is 9.47 Å². The molecule has 0 spiro atoms. The Balaban J connectivity index is 4.43. The molecular weight excluding hydrogens is 318 g/mol. The minimum Gasteiger partial charge on any atom is -0.444 e. The summed E-state index contributed by atoms with van der Waals surface area (Å²) in [6, 6.07) is 0.